The molecule has 10 heteroatoms. The summed E-state index contributed by atoms with van der Waals surface area (Å²) in [6.45, 7) is 0. The first-order chi connectivity index (χ1) is 12.9. The molecule has 4 rings (SSSR count). The summed E-state index contributed by atoms with van der Waals surface area (Å²) in [5.74, 6) is -0.964. The van der Waals surface area contributed by atoms with E-state index in [-0.39, 0.29) is 21.7 Å². The van der Waals surface area contributed by atoms with Crippen molar-refractivity contribution in [3.05, 3.63) is 58.8 Å². The number of alkyl halides is 3. The molecule has 2 aromatic carbocycles. The van der Waals surface area contributed by atoms with Gasteiger partial charge in [-0.05, 0) is 45.9 Å². The van der Waals surface area contributed by atoms with Gasteiger partial charge < -0.3 is 4.42 Å². The van der Waals surface area contributed by atoms with Crippen LogP contribution in [-0.2, 0) is 6.18 Å². The van der Waals surface area contributed by atoms with Gasteiger partial charge in [0.2, 0.25) is 11.7 Å². The van der Waals surface area contributed by atoms with Crippen LogP contribution in [0.15, 0.2) is 67.7 Å². The number of nitrogens with zero attached hydrogens (tertiary/aromatic N) is 4. The number of fused-ring (bicyclic) bond motifs is 1. The first-order valence-corrected chi connectivity index (χ1v) is 9.13. The maximum atomic E-state index is 13.1. The lowest BCUT2D eigenvalue weighted by Gasteiger charge is -2.08. The topological polar surface area (TPSA) is 64.7 Å². The molecule has 0 N–H and O–H groups in total. The summed E-state index contributed by atoms with van der Waals surface area (Å²) < 4.78 is 45.7. The Balaban J connectivity index is 1.75. The first kappa shape index (κ1) is 17.9. The molecule has 0 spiro atoms. The zero-order valence-electron chi connectivity index (χ0n) is 13.2. The fraction of sp³-hybridized carbons (Fsp3) is 0.0588. The van der Waals surface area contributed by atoms with Crippen LogP contribution in [0.25, 0.3) is 22.4 Å². The van der Waals surface area contributed by atoms with Crippen molar-refractivity contribution in [3.63, 3.8) is 0 Å². The van der Waals surface area contributed by atoms with Crippen LogP contribution in [0.4, 0.5) is 13.2 Å². The highest BCUT2D eigenvalue weighted by Crippen LogP contribution is 2.36. The van der Waals surface area contributed by atoms with Gasteiger partial charge in [0.15, 0.2) is 0 Å². The average molecular weight is 453 g/mol. The van der Waals surface area contributed by atoms with Gasteiger partial charge in [0.1, 0.15) is 5.03 Å². The van der Waals surface area contributed by atoms with Crippen molar-refractivity contribution >= 4 is 38.6 Å². The van der Waals surface area contributed by atoms with Crippen LogP contribution >= 0.6 is 27.7 Å². The highest BCUT2D eigenvalue weighted by Gasteiger charge is 2.35. The van der Waals surface area contributed by atoms with Crippen molar-refractivity contribution in [1.29, 1.82) is 0 Å². The molecule has 0 atom stereocenters. The Morgan fingerprint density at radius 3 is 2.44 bits per heavy atom. The highest BCUT2D eigenvalue weighted by atomic mass is 79.9. The lowest BCUT2D eigenvalue weighted by molar-refractivity contribution is -0.145. The molecule has 0 aliphatic carbocycles. The summed E-state index contributed by atoms with van der Waals surface area (Å²) in [6.07, 6.45) is -4.66. The van der Waals surface area contributed by atoms with E-state index in [2.05, 4.69) is 36.1 Å². The van der Waals surface area contributed by atoms with Crippen LogP contribution in [0.3, 0.4) is 0 Å². The Bertz CT molecular complexity index is 1130. The van der Waals surface area contributed by atoms with E-state index < -0.39 is 12.0 Å². The third kappa shape index (κ3) is 3.67. The summed E-state index contributed by atoms with van der Waals surface area (Å²) >= 11 is 4.25. The lowest BCUT2D eigenvalue weighted by Crippen LogP contribution is -2.11. The Kier molecular flexibility index (Phi) is 4.60. The number of hydrogen-bond acceptors (Lipinski definition) is 6. The summed E-state index contributed by atoms with van der Waals surface area (Å²) in [5, 5.41) is 8.52. The fourth-order valence-corrected chi connectivity index (χ4v) is 3.57. The molecule has 0 aliphatic rings. The molecule has 0 saturated heterocycles. The van der Waals surface area contributed by atoms with E-state index >= 15 is 0 Å². The molecule has 4 aromatic rings. The number of halogens is 4. The lowest BCUT2D eigenvalue weighted by atomic mass is 10.2. The standard InChI is InChI=1S/C17H8BrF3N4OS/c18-11-7-3-1-5-9(11)13-24-25-16(26-13)27-14-10-6-2-4-8-12(10)22-15(23-14)17(19,20)21/h1-8H. The molecule has 5 nitrogen and oxygen atoms in total. The van der Waals surface area contributed by atoms with Crippen molar-refractivity contribution in [2.24, 2.45) is 0 Å². The molecule has 27 heavy (non-hydrogen) atoms. The van der Waals surface area contributed by atoms with E-state index in [0.29, 0.717) is 10.9 Å². The molecule has 0 saturated carbocycles. The van der Waals surface area contributed by atoms with Gasteiger partial charge in [-0.1, -0.05) is 30.3 Å². The average Bonchev–Trinajstić information content (AvgIpc) is 3.09. The molecule has 0 aliphatic heterocycles. The van der Waals surface area contributed by atoms with E-state index in [4.69, 9.17) is 4.42 Å². The van der Waals surface area contributed by atoms with E-state index in [1.165, 1.54) is 6.07 Å². The zero-order valence-corrected chi connectivity index (χ0v) is 15.6. The minimum Gasteiger partial charge on any atom is -0.411 e. The van der Waals surface area contributed by atoms with Gasteiger partial charge in [-0.2, -0.15) is 13.2 Å². The van der Waals surface area contributed by atoms with E-state index in [0.717, 1.165) is 16.2 Å². The van der Waals surface area contributed by atoms with E-state index in [1.807, 2.05) is 18.2 Å². The SMILES string of the molecule is FC(F)(F)c1nc(Sc2nnc(-c3ccccc3Br)o2)c2ccccc2n1. The largest absolute Gasteiger partial charge is 0.451 e. The number of rotatable bonds is 3. The zero-order chi connectivity index (χ0) is 19.0. The molecule has 136 valence electrons. The van der Waals surface area contributed by atoms with Crippen LogP contribution in [0, 0.1) is 0 Å². The summed E-state index contributed by atoms with van der Waals surface area (Å²) in [6, 6.07) is 13.7. The Labute approximate surface area is 163 Å². The van der Waals surface area contributed by atoms with E-state index in [1.54, 1.807) is 24.3 Å². The Morgan fingerprint density at radius 2 is 1.67 bits per heavy atom. The molecular weight excluding hydrogens is 445 g/mol. The van der Waals surface area contributed by atoms with Crippen LogP contribution in [-0.4, -0.2) is 20.2 Å². The molecule has 0 radical (unpaired) electrons. The minimum atomic E-state index is -4.66. The number of aromatic nitrogens is 4. The van der Waals surface area contributed by atoms with Crippen molar-refractivity contribution in [2.75, 3.05) is 0 Å². The fourth-order valence-electron chi connectivity index (χ4n) is 2.33. The number of benzene rings is 2. The van der Waals surface area contributed by atoms with E-state index in [9.17, 15) is 13.2 Å². The Morgan fingerprint density at radius 1 is 0.926 bits per heavy atom. The molecular formula is C17H8BrF3N4OS. The normalized spacial score (nSPS) is 11.9. The van der Waals surface area contributed by atoms with Gasteiger partial charge in [-0.3, -0.25) is 0 Å². The predicted molar refractivity (Wildman–Crippen MR) is 96.1 cm³/mol. The van der Waals surface area contributed by atoms with Crippen LogP contribution in [0.1, 0.15) is 5.82 Å². The van der Waals surface area contributed by atoms with Crippen LogP contribution < -0.4 is 0 Å². The molecule has 0 unspecified atom stereocenters. The maximum Gasteiger partial charge on any atom is 0.451 e. The first-order valence-electron chi connectivity index (χ1n) is 7.52. The monoisotopic (exact) mass is 452 g/mol. The third-order valence-corrected chi connectivity index (χ3v) is 5.05. The minimum absolute atomic E-state index is 0.0812. The Hall–Kier alpha value is -2.46. The van der Waals surface area contributed by atoms with Crippen molar-refractivity contribution < 1.29 is 17.6 Å². The van der Waals surface area contributed by atoms with Crippen molar-refractivity contribution in [3.8, 4) is 11.5 Å². The maximum absolute atomic E-state index is 13.1. The van der Waals surface area contributed by atoms with Crippen molar-refractivity contribution in [2.45, 2.75) is 16.4 Å². The second kappa shape index (κ2) is 6.93. The molecule has 0 bridgehead atoms. The smallest absolute Gasteiger partial charge is 0.411 e. The van der Waals surface area contributed by atoms with Gasteiger partial charge in [0, 0.05) is 9.86 Å². The highest BCUT2D eigenvalue weighted by molar-refractivity contribution is 9.10. The summed E-state index contributed by atoms with van der Waals surface area (Å²) in [4.78, 5) is 7.25. The summed E-state index contributed by atoms with van der Waals surface area (Å²) in [5.41, 5.74) is 0.869. The van der Waals surface area contributed by atoms with Gasteiger partial charge in [-0.15, -0.1) is 10.2 Å². The van der Waals surface area contributed by atoms with Gasteiger partial charge in [0.05, 0.1) is 11.1 Å². The van der Waals surface area contributed by atoms with Gasteiger partial charge >= 0.3 is 6.18 Å². The van der Waals surface area contributed by atoms with Gasteiger partial charge in [0.25, 0.3) is 5.22 Å². The quantitative estimate of drug-likeness (QED) is 0.376. The second-order valence-electron chi connectivity index (χ2n) is 5.32. The number of hydrogen-bond donors (Lipinski definition) is 0. The van der Waals surface area contributed by atoms with Gasteiger partial charge in [-0.25, -0.2) is 9.97 Å². The molecule has 2 aromatic heterocycles. The van der Waals surface area contributed by atoms with Crippen molar-refractivity contribution in [1.82, 2.24) is 20.2 Å². The molecule has 0 fully saturated rings. The molecule has 2 heterocycles. The second-order valence-corrected chi connectivity index (χ2v) is 7.12. The number of para-hydroxylation sites is 1. The summed E-state index contributed by atoms with van der Waals surface area (Å²) in [7, 11) is 0. The molecule has 0 amide bonds. The third-order valence-electron chi connectivity index (χ3n) is 3.52. The predicted octanol–water partition coefficient (Wildman–Crippen LogP) is 5.61. The van der Waals surface area contributed by atoms with Crippen LogP contribution in [0.2, 0.25) is 0 Å². The van der Waals surface area contributed by atoms with Crippen LogP contribution in [0.5, 0.6) is 0 Å².